The van der Waals surface area contributed by atoms with E-state index in [1.807, 2.05) is 0 Å². The molecule has 1 saturated heterocycles. The fourth-order valence-electron chi connectivity index (χ4n) is 2.58. The molecular formula is C13H14ClNO3. The predicted molar refractivity (Wildman–Crippen MR) is 65.5 cm³/mol. The molecule has 1 aliphatic carbocycles. The standard InChI is InChI=1S/C13H14ClNO3/c14-12-4-3-11(18-12)13(17)15-6-5-9(16)7-10(15)8-1-2-8/h3-4,8,10H,1-2,5-7H2. The number of Topliss-reactive ketones (excluding diaryl/α,β-unsaturated/α-hetero) is 1. The van der Waals surface area contributed by atoms with Gasteiger partial charge in [-0.1, -0.05) is 0 Å². The Bertz CT molecular complexity index is 492. The van der Waals surface area contributed by atoms with Crippen molar-refractivity contribution in [2.75, 3.05) is 6.54 Å². The number of furan rings is 1. The van der Waals surface area contributed by atoms with Crippen LogP contribution >= 0.6 is 11.6 Å². The summed E-state index contributed by atoms with van der Waals surface area (Å²) < 4.78 is 5.16. The van der Waals surface area contributed by atoms with Gasteiger partial charge in [0.1, 0.15) is 5.78 Å². The summed E-state index contributed by atoms with van der Waals surface area (Å²) in [4.78, 5) is 25.6. The van der Waals surface area contributed by atoms with E-state index < -0.39 is 0 Å². The Morgan fingerprint density at radius 1 is 1.39 bits per heavy atom. The smallest absolute Gasteiger partial charge is 0.289 e. The summed E-state index contributed by atoms with van der Waals surface area (Å²) in [6.45, 7) is 0.497. The maximum Gasteiger partial charge on any atom is 0.289 e. The van der Waals surface area contributed by atoms with Gasteiger partial charge in [0, 0.05) is 25.4 Å². The van der Waals surface area contributed by atoms with Gasteiger partial charge in [0.15, 0.2) is 11.0 Å². The number of nitrogens with zero attached hydrogens (tertiary/aromatic N) is 1. The molecule has 0 radical (unpaired) electrons. The molecule has 1 atom stereocenters. The first kappa shape index (κ1) is 11.8. The zero-order chi connectivity index (χ0) is 12.7. The average Bonchev–Trinajstić information content (AvgIpc) is 3.11. The van der Waals surface area contributed by atoms with Crippen LogP contribution in [-0.2, 0) is 4.79 Å². The van der Waals surface area contributed by atoms with E-state index >= 15 is 0 Å². The Balaban J connectivity index is 1.80. The number of rotatable bonds is 2. The lowest BCUT2D eigenvalue weighted by Crippen LogP contribution is -2.47. The Morgan fingerprint density at radius 3 is 2.78 bits per heavy atom. The van der Waals surface area contributed by atoms with Crippen molar-refractivity contribution in [3.63, 3.8) is 0 Å². The first-order valence-electron chi connectivity index (χ1n) is 6.23. The van der Waals surface area contributed by atoms with E-state index in [2.05, 4.69) is 0 Å². The van der Waals surface area contributed by atoms with Gasteiger partial charge in [-0.05, 0) is 42.5 Å². The number of amides is 1. The van der Waals surface area contributed by atoms with E-state index in [1.165, 1.54) is 0 Å². The van der Waals surface area contributed by atoms with Gasteiger partial charge in [-0.2, -0.15) is 0 Å². The number of hydrogen-bond donors (Lipinski definition) is 0. The summed E-state index contributed by atoms with van der Waals surface area (Å²) in [5, 5.41) is 0.217. The highest BCUT2D eigenvalue weighted by atomic mass is 35.5. The average molecular weight is 268 g/mol. The van der Waals surface area contributed by atoms with Crippen LogP contribution in [0.2, 0.25) is 5.22 Å². The molecule has 1 aromatic heterocycles. The molecule has 1 aromatic rings. The molecule has 1 unspecified atom stereocenters. The molecule has 96 valence electrons. The van der Waals surface area contributed by atoms with Crippen molar-refractivity contribution in [1.29, 1.82) is 0 Å². The number of halogens is 1. The second-order valence-electron chi connectivity index (χ2n) is 5.00. The summed E-state index contributed by atoms with van der Waals surface area (Å²) >= 11 is 5.69. The van der Waals surface area contributed by atoms with Gasteiger partial charge in [-0.15, -0.1) is 0 Å². The second kappa shape index (κ2) is 4.43. The Hall–Kier alpha value is -1.29. The maximum absolute atomic E-state index is 12.3. The zero-order valence-corrected chi connectivity index (χ0v) is 10.7. The van der Waals surface area contributed by atoms with Crippen molar-refractivity contribution in [1.82, 2.24) is 4.90 Å². The molecule has 3 rings (SSSR count). The molecular weight excluding hydrogens is 254 g/mol. The highest BCUT2D eigenvalue weighted by molar-refractivity contribution is 6.29. The van der Waals surface area contributed by atoms with Crippen molar-refractivity contribution in [2.24, 2.45) is 5.92 Å². The maximum atomic E-state index is 12.3. The number of ketones is 1. The van der Waals surface area contributed by atoms with Gasteiger partial charge in [-0.3, -0.25) is 9.59 Å². The third-order valence-corrected chi connectivity index (χ3v) is 3.88. The molecule has 1 amide bonds. The Kier molecular flexibility index (Phi) is 2.90. The molecule has 2 fully saturated rings. The van der Waals surface area contributed by atoms with Gasteiger partial charge in [-0.25, -0.2) is 0 Å². The van der Waals surface area contributed by atoms with E-state index in [0.717, 1.165) is 12.8 Å². The summed E-state index contributed by atoms with van der Waals surface area (Å²) in [7, 11) is 0. The minimum atomic E-state index is -0.147. The zero-order valence-electron chi connectivity index (χ0n) is 9.89. The van der Waals surface area contributed by atoms with E-state index in [9.17, 15) is 9.59 Å². The molecule has 0 N–H and O–H groups in total. The van der Waals surface area contributed by atoms with E-state index in [-0.39, 0.29) is 28.7 Å². The van der Waals surface area contributed by atoms with Crippen LogP contribution in [0.3, 0.4) is 0 Å². The van der Waals surface area contributed by atoms with Crippen molar-refractivity contribution in [3.05, 3.63) is 23.1 Å². The van der Waals surface area contributed by atoms with Crippen LogP contribution in [0.1, 0.15) is 36.2 Å². The van der Waals surface area contributed by atoms with Gasteiger partial charge >= 0.3 is 0 Å². The highest BCUT2D eigenvalue weighted by Gasteiger charge is 2.41. The van der Waals surface area contributed by atoms with Crippen LogP contribution < -0.4 is 0 Å². The fraction of sp³-hybridized carbons (Fsp3) is 0.538. The van der Waals surface area contributed by atoms with Crippen LogP contribution in [0, 0.1) is 5.92 Å². The number of carbonyl (C=O) groups is 2. The first-order chi connectivity index (χ1) is 8.65. The van der Waals surface area contributed by atoms with Gasteiger partial charge in [0.2, 0.25) is 0 Å². The molecule has 0 bridgehead atoms. The molecule has 1 aliphatic heterocycles. The van der Waals surface area contributed by atoms with Crippen LogP contribution in [0.4, 0.5) is 0 Å². The quantitative estimate of drug-likeness (QED) is 0.827. The normalized spacial score (nSPS) is 24.4. The molecule has 2 heterocycles. The fourth-order valence-corrected chi connectivity index (χ4v) is 2.73. The summed E-state index contributed by atoms with van der Waals surface area (Å²) in [5.41, 5.74) is 0. The lowest BCUT2D eigenvalue weighted by molar-refractivity contribution is -0.122. The highest BCUT2D eigenvalue weighted by Crippen LogP contribution is 2.39. The molecule has 5 heteroatoms. The van der Waals surface area contributed by atoms with Gasteiger partial charge < -0.3 is 9.32 Å². The third-order valence-electron chi connectivity index (χ3n) is 3.68. The molecule has 0 aromatic carbocycles. The molecule has 2 aliphatic rings. The molecule has 1 saturated carbocycles. The molecule has 4 nitrogen and oxygen atoms in total. The van der Waals surface area contributed by atoms with Crippen molar-refractivity contribution in [2.45, 2.75) is 31.7 Å². The summed E-state index contributed by atoms with van der Waals surface area (Å²) in [6.07, 6.45) is 3.16. The van der Waals surface area contributed by atoms with Crippen molar-refractivity contribution >= 4 is 23.3 Å². The van der Waals surface area contributed by atoms with Crippen LogP contribution in [0.15, 0.2) is 16.5 Å². The third kappa shape index (κ3) is 2.17. The number of hydrogen-bond acceptors (Lipinski definition) is 3. The lowest BCUT2D eigenvalue weighted by Gasteiger charge is -2.34. The Labute approximate surface area is 110 Å². The largest absolute Gasteiger partial charge is 0.440 e. The lowest BCUT2D eigenvalue weighted by atomic mass is 9.96. The predicted octanol–water partition coefficient (Wildman–Crippen LogP) is 2.52. The molecule has 0 spiro atoms. The summed E-state index contributed by atoms with van der Waals surface area (Å²) in [5.74, 6) is 0.864. The minimum Gasteiger partial charge on any atom is -0.440 e. The van der Waals surface area contributed by atoms with Crippen LogP contribution in [0.25, 0.3) is 0 Å². The van der Waals surface area contributed by atoms with E-state index in [0.29, 0.717) is 25.3 Å². The topological polar surface area (TPSA) is 50.5 Å². The Morgan fingerprint density at radius 2 is 2.17 bits per heavy atom. The number of piperidine rings is 1. The van der Waals surface area contributed by atoms with E-state index in [1.54, 1.807) is 17.0 Å². The number of carbonyl (C=O) groups excluding carboxylic acids is 2. The monoisotopic (exact) mass is 267 g/mol. The van der Waals surface area contributed by atoms with Crippen molar-refractivity contribution < 1.29 is 14.0 Å². The van der Waals surface area contributed by atoms with Gasteiger partial charge in [0.05, 0.1) is 0 Å². The summed E-state index contributed by atoms with van der Waals surface area (Å²) in [6, 6.07) is 3.21. The molecule has 18 heavy (non-hydrogen) atoms. The number of likely N-dealkylation sites (tertiary alicyclic amines) is 1. The minimum absolute atomic E-state index is 0.0580. The van der Waals surface area contributed by atoms with E-state index in [4.69, 9.17) is 16.0 Å². The second-order valence-corrected chi connectivity index (χ2v) is 5.37. The van der Waals surface area contributed by atoms with Crippen LogP contribution in [0.5, 0.6) is 0 Å². The SMILES string of the molecule is O=C1CCN(C(=O)c2ccc(Cl)o2)C(C2CC2)C1. The van der Waals surface area contributed by atoms with Gasteiger partial charge in [0.25, 0.3) is 5.91 Å². The van der Waals surface area contributed by atoms with Crippen molar-refractivity contribution in [3.8, 4) is 0 Å². The van der Waals surface area contributed by atoms with Crippen LogP contribution in [-0.4, -0.2) is 29.2 Å². The first-order valence-corrected chi connectivity index (χ1v) is 6.61.